The molecule has 0 fully saturated rings. The largest absolute Gasteiger partial charge is 0.493 e. The summed E-state index contributed by atoms with van der Waals surface area (Å²) in [5.41, 5.74) is 8.77. The molecule has 0 aromatic heterocycles. The van der Waals surface area contributed by atoms with Crippen molar-refractivity contribution in [1.82, 2.24) is 0 Å². The Morgan fingerprint density at radius 2 is 1.65 bits per heavy atom. The fourth-order valence-corrected chi connectivity index (χ4v) is 1.94. The molecule has 0 saturated heterocycles. The Labute approximate surface area is 119 Å². The fraction of sp³-hybridized carbons (Fsp3) is 0.176. The van der Waals surface area contributed by atoms with E-state index in [9.17, 15) is 0 Å². The van der Waals surface area contributed by atoms with Gasteiger partial charge in [-0.05, 0) is 41.8 Å². The normalized spacial score (nSPS) is 10.7. The van der Waals surface area contributed by atoms with Crippen molar-refractivity contribution in [1.29, 1.82) is 0 Å². The molecule has 0 aliphatic heterocycles. The quantitative estimate of drug-likeness (QED) is 0.844. The fourth-order valence-electron chi connectivity index (χ4n) is 1.94. The smallest absolute Gasteiger partial charge is 0.161 e. The molecule has 20 heavy (non-hydrogen) atoms. The monoisotopic (exact) mass is 269 g/mol. The predicted octanol–water partition coefficient (Wildman–Crippen LogP) is 3.54. The Bertz CT molecular complexity index is 588. The maximum absolute atomic E-state index is 5.66. The lowest BCUT2D eigenvalue weighted by molar-refractivity contribution is 0.355. The van der Waals surface area contributed by atoms with Crippen LogP contribution in [0.15, 0.2) is 48.5 Å². The molecule has 104 valence electrons. The van der Waals surface area contributed by atoms with Crippen LogP contribution in [0.5, 0.6) is 11.5 Å². The van der Waals surface area contributed by atoms with Crippen molar-refractivity contribution in [2.24, 2.45) is 0 Å². The van der Waals surface area contributed by atoms with Crippen molar-refractivity contribution in [3.05, 3.63) is 59.7 Å². The van der Waals surface area contributed by atoms with Crippen LogP contribution in [-0.4, -0.2) is 14.2 Å². The van der Waals surface area contributed by atoms with E-state index in [2.05, 4.69) is 12.2 Å². The first-order chi connectivity index (χ1) is 9.72. The van der Waals surface area contributed by atoms with Gasteiger partial charge < -0.3 is 15.2 Å². The first kappa shape index (κ1) is 14.0. The predicted molar refractivity (Wildman–Crippen MR) is 83.1 cm³/mol. The molecule has 0 heterocycles. The van der Waals surface area contributed by atoms with Crippen LogP contribution >= 0.6 is 0 Å². The van der Waals surface area contributed by atoms with E-state index in [1.807, 2.05) is 42.5 Å². The summed E-state index contributed by atoms with van der Waals surface area (Å²) in [6.07, 6.45) is 5.06. The average molecular weight is 269 g/mol. The van der Waals surface area contributed by atoms with Gasteiger partial charge in [-0.25, -0.2) is 0 Å². The number of hydrogen-bond acceptors (Lipinski definition) is 3. The van der Waals surface area contributed by atoms with Crippen LogP contribution in [0.2, 0.25) is 0 Å². The molecule has 0 radical (unpaired) electrons. The van der Waals surface area contributed by atoms with Crippen LogP contribution in [-0.2, 0) is 6.42 Å². The number of ether oxygens (including phenoxy) is 2. The summed E-state index contributed by atoms with van der Waals surface area (Å²) < 4.78 is 10.5. The number of methoxy groups -OCH3 is 2. The number of nitrogen functional groups attached to an aromatic ring is 1. The summed E-state index contributed by atoms with van der Waals surface area (Å²) in [4.78, 5) is 0. The molecule has 0 aliphatic rings. The summed E-state index contributed by atoms with van der Waals surface area (Å²) in [7, 11) is 3.27. The molecule has 3 heteroatoms. The third-order valence-electron chi connectivity index (χ3n) is 3.05. The number of anilines is 1. The summed E-state index contributed by atoms with van der Waals surface area (Å²) in [6.45, 7) is 0. The molecule has 0 saturated carbocycles. The Balaban J connectivity index is 2.05. The first-order valence-electron chi connectivity index (χ1n) is 6.46. The van der Waals surface area contributed by atoms with Gasteiger partial charge >= 0.3 is 0 Å². The van der Waals surface area contributed by atoms with E-state index < -0.39 is 0 Å². The average Bonchev–Trinajstić information content (AvgIpc) is 2.49. The molecule has 2 rings (SSSR count). The van der Waals surface area contributed by atoms with E-state index in [0.29, 0.717) is 0 Å². The van der Waals surface area contributed by atoms with Crippen molar-refractivity contribution >= 4 is 11.8 Å². The number of allylic oxidation sites excluding steroid dienone is 1. The van der Waals surface area contributed by atoms with Crippen LogP contribution in [0, 0.1) is 0 Å². The molecule has 0 spiro atoms. The molecule has 2 N–H and O–H groups in total. The lowest BCUT2D eigenvalue weighted by Crippen LogP contribution is -1.90. The number of benzene rings is 2. The van der Waals surface area contributed by atoms with Crippen molar-refractivity contribution in [3.8, 4) is 11.5 Å². The zero-order valence-corrected chi connectivity index (χ0v) is 11.8. The van der Waals surface area contributed by atoms with Gasteiger partial charge in [0.1, 0.15) is 0 Å². The van der Waals surface area contributed by atoms with E-state index in [4.69, 9.17) is 15.2 Å². The molecule has 3 nitrogen and oxygen atoms in total. The van der Waals surface area contributed by atoms with E-state index in [-0.39, 0.29) is 0 Å². The topological polar surface area (TPSA) is 44.5 Å². The minimum Gasteiger partial charge on any atom is -0.493 e. The van der Waals surface area contributed by atoms with E-state index in [0.717, 1.165) is 29.2 Å². The molecule has 0 amide bonds. The van der Waals surface area contributed by atoms with Crippen LogP contribution in [0.1, 0.15) is 11.1 Å². The van der Waals surface area contributed by atoms with Crippen LogP contribution in [0.3, 0.4) is 0 Å². The highest BCUT2D eigenvalue weighted by atomic mass is 16.5. The standard InChI is InChI=1S/C17H19NO2/c1-19-16-11-8-14(12-17(16)20-2)5-3-4-13-6-9-15(18)10-7-13/h3,5-12H,4,18H2,1-2H3/b5-3+. The third-order valence-corrected chi connectivity index (χ3v) is 3.05. The summed E-state index contributed by atoms with van der Waals surface area (Å²) >= 11 is 0. The highest BCUT2D eigenvalue weighted by Gasteiger charge is 2.02. The lowest BCUT2D eigenvalue weighted by Gasteiger charge is -2.07. The van der Waals surface area contributed by atoms with E-state index in [1.165, 1.54) is 5.56 Å². The maximum atomic E-state index is 5.66. The van der Waals surface area contributed by atoms with Gasteiger partial charge in [-0.15, -0.1) is 0 Å². The summed E-state index contributed by atoms with van der Waals surface area (Å²) in [5, 5.41) is 0. The van der Waals surface area contributed by atoms with Gasteiger partial charge in [-0.2, -0.15) is 0 Å². The van der Waals surface area contributed by atoms with Gasteiger partial charge in [0.15, 0.2) is 11.5 Å². The molecule has 0 atom stereocenters. The SMILES string of the molecule is COc1ccc(/C=C/Cc2ccc(N)cc2)cc1OC. The highest BCUT2D eigenvalue weighted by Crippen LogP contribution is 2.28. The molecule has 2 aromatic rings. The molecular weight excluding hydrogens is 250 g/mol. The molecule has 0 unspecified atom stereocenters. The highest BCUT2D eigenvalue weighted by molar-refractivity contribution is 5.56. The molecule has 0 bridgehead atoms. The Morgan fingerprint density at radius 3 is 2.30 bits per heavy atom. The maximum Gasteiger partial charge on any atom is 0.161 e. The Morgan fingerprint density at radius 1 is 0.950 bits per heavy atom. The van der Waals surface area contributed by atoms with Crippen molar-refractivity contribution in [2.45, 2.75) is 6.42 Å². The number of hydrogen-bond donors (Lipinski definition) is 1. The Hall–Kier alpha value is -2.42. The van der Waals surface area contributed by atoms with Crippen molar-refractivity contribution in [2.75, 3.05) is 20.0 Å². The second-order valence-electron chi connectivity index (χ2n) is 4.46. The minimum absolute atomic E-state index is 0.738. The summed E-state index contributed by atoms with van der Waals surface area (Å²) in [5.74, 6) is 1.48. The van der Waals surface area contributed by atoms with Gasteiger partial charge in [-0.1, -0.05) is 30.4 Å². The summed E-state index contributed by atoms with van der Waals surface area (Å²) in [6, 6.07) is 13.8. The van der Waals surface area contributed by atoms with Gasteiger partial charge in [0.2, 0.25) is 0 Å². The van der Waals surface area contributed by atoms with E-state index in [1.54, 1.807) is 14.2 Å². The molecular formula is C17H19NO2. The zero-order chi connectivity index (χ0) is 14.4. The van der Waals surface area contributed by atoms with Gasteiger partial charge in [0.25, 0.3) is 0 Å². The van der Waals surface area contributed by atoms with Crippen LogP contribution in [0.4, 0.5) is 5.69 Å². The third kappa shape index (κ3) is 3.54. The first-order valence-corrected chi connectivity index (χ1v) is 6.46. The lowest BCUT2D eigenvalue weighted by atomic mass is 10.1. The minimum atomic E-state index is 0.738. The number of nitrogens with two attached hydrogens (primary N) is 1. The second-order valence-corrected chi connectivity index (χ2v) is 4.46. The molecule has 0 aliphatic carbocycles. The van der Waals surface area contributed by atoms with Gasteiger partial charge in [-0.3, -0.25) is 0 Å². The van der Waals surface area contributed by atoms with Crippen molar-refractivity contribution < 1.29 is 9.47 Å². The Kier molecular flexibility index (Phi) is 4.66. The second kappa shape index (κ2) is 6.66. The van der Waals surface area contributed by atoms with Crippen LogP contribution in [0.25, 0.3) is 6.08 Å². The number of rotatable bonds is 5. The van der Waals surface area contributed by atoms with Crippen LogP contribution < -0.4 is 15.2 Å². The zero-order valence-electron chi connectivity index (χ0n) is 11.8. The van der Waals surface area contributed by atoms with E-state index >= 15 is 0 Å². The van der Waals surface area contributed by atoms with Gasteiger partial charge in [0, 0.05) is 5.69 Å². The van der Waals surface area contributed by atoms with Gasteiger partial charge in [0.05, 0.1) is 14.2 Å². The molecule has 2 aromatic carbocycles. The van der Waals surface area contributed by atoms with Crippen molar-refractivity contribution in [3.63, 3.8) is 0 Å².